The Labute approximate surface area is 147 Å². The Morgan fingerprint density at radius 2 is 1.20 bits per heavy atom. The van der Waals surface area contributed by atoms with Gasteiger partial charge >= 0.3 is 0 Å². The van der Waals surface area contributed by atoms with Gasteiger partial charge in [-0.1, -0.05) is 36.4 Å². The molecule has 0 amide bonds. The summed E-state index contributed by atoms with van der Waals surface area (Å²) in [5.74, 6) is 1.12. The molecule has 2 rings (SSSR count). The van der Waals surface area contributed by atoms with Gasteiger partial charge in [-0.15, -0.1) is 0 Å². The number of phenols is 2. The van der Waals surface area contributed by atoms with Gasteiger partial charge in [0.2, 0.25) is 0 Å². The van der Waals surface area contributed by atoms with Crippen LogP contribution < -0.4 is 9.47 Å². The second-order valence-electron chi connectivity index (χ2n) is 5.20. The largest absolute Gasteiger partial charge is 0.504 e. The van der Waals surface area contributed by atoms with Gasteiger partial charge < -0.3 is 24.4 Å². The lowest BCUT2D eigenvalue weighted by Crippen LogP contribution is -1.90. The molecule has 0 bridgehead atoms. The van der Waals surface area contributed by atoms with Gasteiger partial charge in [0.15, 0.2) is 23.0 Å². The Bertz CT molecular complexity index is 686. The van der Waals surface area contributed by atoms with Crippen LogP contribution in [0.5, 0.6) is 23.0 Å². The van der Waals surface area contributed by atoms with Crippen LogP contribution in [-0.4, -0.2) is 37.6 Å². The van der Waals surface area contributed by atoms with E-state index in [2.05, 4.69) is 0 Å². The molecule has 0 radical (unpaired) electrons. The van der Waals surface area contributed by atoms with Gasteiger partial charge in [0.25, 0.3) is 0 Å². The summed E-state index contributed by atoms with van der Waals surface area (Å²) in [4.78, 5) is 0. The number of hydrogen-bond donors (Lipinski definition) is 2. The van der Waals surface area contributed by atoms with Gasteiger partial charge in [0.1, 0.15) is 0 Å². The first kappa shape index (κ1) is 18.4. The molecule has 2 aromatic rings. The van der Waals surface area contributed by atoms with Crippen molar-refractivity contribution in [3.05, 3.63) is 59.7 Å². The molecule has 0 saturated carbocycles. The van der Waals surface area contributed by atoms with E-state index >= 15 is 0 Å². The molecule has 0 aromatic heterocycles. The third-order valence-corrected chi connectivity index (χ3v) is 3.46. The normalized spacial score (nSPS) is 11.3. The zero-order chi connectivity index (χ0) is 18.1. The minimum atomic E-state index is 0.117. The molecule has 5 heteroatoms. The Morgan fingerprint density at radius 1 is 0.760 bits per heavy atom. The van der Waals surface area contributed by atoms with Gasteiger partial charge in [0, 0.05) is 0 Å². The fraction of sp³-hybridized carbons (Fsp3) is 0.200. The summed E-state index contributed by atoms with van der Waals surface area (Å²) in [6, 6.07) is 10.3. The molecule has 132 valence electrons. The second kappa shape index (κ2) is 9.39. The zero-order valence-corrected chi connectivity index (χ0v) is 14.3. The Balaban J connectivity index is 1.77. The number of phenolic OH excluding ortho intramolecular Hbond substituents is 2. The van der Waals surface area contributed by atoms with Crippen molar-refractivity contribution in [2.75, 3.05) is 27.4 Å². The van der Waals surface area contributed by atoms with E-state index in [0.717, 1.165) is 11.1 Å². The van der Waals surface area contributed by atoms with Gasteiger partial charge in [-0.05, 0) is 35.4 Å². The van der Waals surface area contributed by atoms with E-state index in [1.165, 1.54) is 14.2 Å². The van der Waals surface area contributed by atoms with Crippen molar-refractivity contribution in [1.82, 2.24) is 0 Å². The van der Waals surface area contributed by atoms with Crippen molar-refractivity contribution in [1.29, 1.82) is 0 Å². The highest BCUT2D eigenvalue weighted by Gasteiger charge is 2.00. The van der Waals surface area contributed by atoms with Gasteiger partial charge in [-0.3, -0.25) is 0 Å². The fourth-order valence-electron chi connectivity index (χ4n) is 2.17. The highest BCUT2D eigenvalue weighted by Crippen LogP contribution is 2.27. The van der Waals surface area contributed by atoms with E-state index in [0.29, 0.717) is 24.7 Å². The highest BCUT2D eigenvalue weighted by atomic mass is 16.5. The van der Waals surface area contributed by atoms with Crippen LogP contribution in [0.25, 0.3) is 12.2 Å². The molecule has 0 aliphatic carbocycles. The average molecular weight is 342 g/mol. The summed E-state index contributed by atoms with van der Waals surface area (Å²) < 4.78 is 15.6. The van der Waals surface area contributed by atoms with Crippen LogP contribution in [0.1, 0.15) is 11.1 Å². The number of aromatic hydroxyl groups is 2. The van der Waals surface area contributed by atoms with Crippen molar-refractivity contribution in [2.45, 2.75) is 0 Å². The minimum absolute atomic E-state index is 0.117. The molecule has 0 atom stereocenters. The van der Waals surface area contributed by atoms with E-state index in [4.69, 9.17) is 14.2 Å². The van der Waals surface area contributed by atoms with Crippen LogP contribution >= 0.6 is 0 Å². The molecule has 0 spiro atoms. The maximum atomic E-state index is 9.54. The molecule has 0 fully saturated rings. The van der Waals surface area contributed by atoms with Gasteiger partial charge in [0.05, 0.1) is 27.4 Å². The molecule has 0 saturated heterocycles. The second-order valence-corrected chi connectivity index (χ2v) is 5.20. The number of methoxy groups -OCH3 is 2. The van der Waals surface area contributed by atoms with E-state index < -0.39 is 0 Å². The minimum Gasteiger partial charge on any atom is -0.504 e. The van der Waals surface area contributed by atoms with Crippen LogP contribution in [-0.2, 0) is 4.74 Å². The van der Waals surface area contributed by atoms with Crippen LogP contribution in [0, 0.1) is 0 Å². The Morgan fingerprint density at radius 3 is 1.60 bits per heavy atom. The quantitative estimate of drug-likeness (QED) is 0.713. The summed E-state index contributed by atoms with van der Waals surface area (Å²) in [7, 11) is 3.03. The van der Waals surface area contributed by atoms with E-state index in [1.54, 1.807) is 36.4 Å². The maximum absolute atomic E-state index is 9.54. The summed E-state index contributed by atoms with van der Waals surface area (Å²) in [5.41, 5.74) is 1.84. The van der Waals surface area contributed by atoms with Crippen LogP contribution in [0.2, 0.25) is 0 Å². The first-order valence-corrected chi connectivity index (χ1v) is 7.79. The number of ether oxygens (including phenoxy) is 3. The lowest BCUT2D eigenvalue weighted by atomic mass is 10.2. The molecule has 0 aliphatic rings. The number of benzene rings is 2. The predicted octanol–water partition coefficient (Wildman–Crippen LogP) is 3.86. The van der Waals surface area contributed by atoms with Crippen molar-refractivity contribution in [3.63, 3.8) is 0 Å². The topological polar surface area (TPSA) is 68.2 Å². The van der Waals surface area contributed by atoms with Crippen molar-refractivity contribution in [3.8, 4) is 23.0 Å². The average Bonchev–Trinajstić information content (AvgIpc) is 2.63. The molecule has 0 aliphatic heterocycles. The third-order valence-electron chi connectivity index (χ3n) is 3.46. The third kappa shape index (κ3) is 5.58. The fourth-order valence-corrected chi connectivity index (χ4v) is 2.17. The van der Waals surface area contributed by atoms with E-state index in [-0.39, 0.29) is 11.5 Å². The van der Waals surface area contributed by atoms with Crippen LogP contribution in [0.4, 0.5) is 0 Å². The molecule has 2 N–H and O–H groups in total. The lowest BCUT2D eigenvalue weighted by Gasteiger charge is -2.04. The van der Waals surface area contributed by atoms with E-state index in [1.807, 2.05) is 24.3 Å². The van der Waals surface area contributed by atoms with Gasteiger partial charge in [-0.2, -0.15) is 0 Å². The molecular weight excluding hydrogens is 320 g/mol. The van der Waals surface area contributed by atoms with Crippen molar-refractivity contribution in [2.24, 2.45) is 0 Å². The summed E-state index contributed by atoms with van der Waals surface area (Å²) >= 11 is 0. The molecule has 5 nitrogen and oxygen atoms in total. The highest BCUT2D eigenvalue weighted by molar-refractivity contribution is 5.56. The molecular formula is C20H22O5. The number of hydrogen-bond acceptors (Lipinski definition) is 5. The molecule has 0 heterocycles. The molecule has 25 heavy (non-hydrogen) atoms. The summed E-state index contributed by atoms with van der Waals surface area (Å²) in [5, 5.41) is 19.1. The first-order valence-electron chi connectivity index (χ1n) is 7.79. The SMILES string of the molecule is COc1cc(/C=C/COC/C=C/c2ccc(O)c(OC)c2)ccc1O. The van der Waals surface area contributed by atoms with Crippen molar-refractivity contribution < 1.29 is 24.4 Å². The first-order chi connectivity index (χ1) is 12.1. The monoisotopic (exact) mass is 342 g/mol. The van der Waals surface area contributed by atoms with Gasteiger partial charge in [-0.25, -0.2) is 0 Å². The van der Waals surface area contributed by atoms with Crippen molar-refractivity contribution >= 4 is 12.2 Å². The Kier molecular flexibility index (Phi) is 6.92. The summed E-state index contributed by atoms with van der Waals surface area (Å²) in [6.45, 7) is 0.929. The molecule has 2 aromatic carbocycles. The molecule has 0 unspecified atom stereocenters. The zero-order valence-electron chi connectivity index (χ0n) is 14.3. The maximum Gasteiger partial charge on any atom is 0.161 e. The lowest BCUT2D eigenvalue weighted by molar-refractivity contribution is 0.195. The van der Waals surface area contributed by atoms with Crippen LogP contribution in [0.3, 0.4) is 0 Å². The predicted molar refractivity (Wildman–Crippen MR) is 98.2 cm³/mol. The number of rotatable bonds is 8. The van der Waals surface area contributed by atoms with Crippen LogP contribution in [0.15, 0.2) is 48.6 Å². The summed E-state index contributed by atoms with van der Waals surface area (Å²) in [6.07, 6.45) is 7.58. The Hall–Kier alpha value is -2.92. The standard InChI is InChI=1S/C20H22O5/c1-23-19-13-15(7-9-17(19)21)5-3-11-25-12-4-6-16-8-10-18(22)20(14-16)24-2/h3-10,13-14,21-22H,11-12H2,1-2H3/b5-3+,6-4+. The van der Waals surface area contributed by atoms with E-state index in [9.17, 15) is 10.2 Å². The smallest absolute Gasteiger partial charge is 0.161 e.